The number of carbonyl (C=O) groups excluding carboxylic acids is 2. The molecule has 18 heavy (non-hydrogen) atoms. The van der Waals surface area contributed by atoms with Gasteiger partial charge in [-0.15, -0.1) is 0 Å². The van der Waals surface area contributed by atoms with E-state index in [0.717, 1.165) is 26.1 Å². The van der Waals surface area contributed by atoms with Crippen molar-refractivity contribution in [3.8, 4) is 6.07 Å². The molecule has 0 atom stereocenters. The first kappa shape index (κ1) is 14.5. The molecule has 1 heterocycles. The molecule has 0 aromatic carbocycles. The molecule has 2 amide bonds. The second-order valence-corrected chi connectivity index (χ2v) is 4.29. The minimum absolute atomic E-state index is 0.0106. The molecule has 0 aromatic rings. The van der Waals surface area contributed by atoms with Crippen LogP contribution < -0.4 is 10.6 Å². The number of nitrogens with one attached hydrogen (secondary N) is 2. The Labute approximate surface area is 107 Å². The molecule has 0 spiro atoms. The molecular formula is C12H19N3O3. The molecular weight excluding hydrogens is 234 g/mol. The smallest absolute Gasteiger partial charge is 0.234 e. The van der Waals surface area contributed by atoms with Gasteiger partial charge in [0.2, 0.25) is 11.8 Å². The molecule has 0 aliphatic carbocycles. The molecule has 6 heteroatoms. The van der Waals surface area contributed by atoms with Crippen molar-refractivity contribution in [2.24, 2.45) is 5.92 Å². The number of ether oxygens (including phenoxy) is 1. The van der Waals surface area contributed by atoms with Crippen LogP contribution in [-0.2, 0) is 14.3 Å². The summed E-state index contributed by atoms with van der Waals surface area (Å²) in [5.41, 5.74) is 0. The molecule has 0 unspecified atom stereocenters. The Bertz CT molecular complexity index is 319. The summed E-state index contributed by atoms with van der Waals surface area (Å²) in [7, 11) is 0. The van der Waals surface area contributed by atoms with Gasteiger partial charge in [-0.1, -0.05) is 0 Å². The van der Waals surface area contributed by atoms with Crippen molar-refractivity contribution in [2.75, 3.05) is 26.3 Å². The topological polar surface area (TPSA) is 91.2 Å². The van der Waals surface area contributed by atoms with E-state index in [0.29, 0.717) is 25.4 Å². The van der Waals surface area contributed by atoms with Crippen molar-refractivity contribution >= 4 is 11.8 Å². The van der Waals surface area contributed by atoms with E-state index in [9.17, 15) is 9.59 Å². The van der Waals surface area contributed by atoms with Crippen molar-refractivity contribution in [1.29, 1.82) is 5.26 Å². The van der Waals surface area contributed by atoms with E-state index in [1.165, 1.54) is 0 Å². The number of rotatable bonds is 6. The summed E-state index contributed by atoms with van der Waals surface area (Å²) in [4.78, 5) is 22.5. The van der Waals surface area contributed by atoms with Crippen molar-refractivity contribution in [3.63, 3.8) is 0 Å². The van der Waals surface area contributed by atoms with E-state index < -0.39 is 0 Å². The van der Waals surface area contributed by atoms with Crippen LogP contribution in [0.4, 0.5) is 0 Å². The monoisotopic (exact) mass is 253 g/mol. The summed E-state index contributed by atoms with van der Waals surface area (Å²) in [6.07, 6.45) is 2.25. The normalized spacial score (nSPS) is 15.7. The molecule has 2 N–H and O–H groups in total. The molecule has 1 aliphatic rings. The van der Waals surface area contributed by atoms with Crippen LogP contribution in [0.3, 0.4) is 0 Å². The second-order valence-electron chi connectivity index (χ2n) is 4.29. The molecule has 1 fully saturated rings. The zero-order chi connectivity index (χ0) is 13.2. The lowest BCUT2D eigenvalue weighted by Crippen LogP contribution is -2.35. The highest BCUT2D eigenvalue weighted by molar-refractivity contribution is 5.78. The second kappa shape index (κ2) is 8.48. The highest BCUT2D eigenvalue weighted by Gasteiger charge is 2.16. The van der Waals surface area contributed by atoms with Crippen LogP contribution in [0.5, 0.6) is 0 Å². The SMILES string of the molecule is N#CCC(=O)NCCNC(=O)CC1CCOCC1. The summed E-state index contributed by atoms with van der Waals surface area (Å²) >= 11 is 0. The Kier molecular flexibility index (Phi) is 6.81. The minimum atomic E-state index is -0.309. The number of carbonyl (C=O) groups is 2. The highest BCUT2D eigenvalue weighted by Crippen LogP contribution is 2.17. The minimum Gasteiger partial charge on any atom is -0.381 e. The van der Waals surface area contributed by atoms with E-state index in [1.54, 1.807) is 6.07 Å². The summed E-state index contributed by atoms with van der Waals surface area (Å²) in [5.74, 6) is 0.111. The fourth-order valence-electron chi connectivity index (χ4n) is 1.82. The van der Waals surface area contributed by atoms with Crippen molar-refractivity contribution < 1.29 is 14.3 Å². The predicted octanol–water partition coefficient (Wildman–Crippen LogP) is -0.0508. The Morgan fingerprint density at radius 1 is 1.17 bits per heavy atom. The van der Waals surface area contributed by atoms with Gasteiger partial charge in [-0.3, -0.25) is 9.59 Å². The summed E-state index contributed by atoms with van der Waals surface area (Å²) in [5, 5.41) is 13.6. The molecule has 0 aromatic heterocycles. The van der Waals surface area contributed by atoms with Crippen LogP contribution in [0.1, 0.15) is 25.7 Å². The zero-order valence-electron chi connectivity index (χ0n) is 10.4. The van der Waals surface area contributed by atoms with Gasteiger partial charge in [-0.25, -0.2) is 0 Å². The van der Waals surface area contributed by atoms with Crippen LogP contribution in [0, 0.1) is 17.2 Å². The van der Waals surface area contributed by atoms with Gasteiger partial charge in [-0.2, -0.15) is 5.26 Å². The summed E-state index contributed by atoms with van der Waals surface area (Å²) in [6.45, 7) is 2.24. The van der Waals surface area contributed by atoms with Crippen molar-refractivity contribution in [2.45, 2.75) is 25.7 Å². The highest BCUT2D eigenvalue weighted by atomic mass is 16.5. The predicted molar refractivity (Wildman–Crippen MR) is 64.4 cm³/mol. The maximum atomic E-state index is 11.6. The summed E-state index contributed by atoms with van der Waals surface area (Å²) in [6, 6.07) is 1.76. The number of nitriles is 1. The van der Waals surface area contributed by atoms with Gasteiger partial charge >= 0.3 is 0 Å². The average molecular weight is 253 g/mol. The van der Waals surface area contributed by atoms with Gasteiger partial charge in [0.25, 0.3) is 0 Å². The molecule has 1 aliphatic heterocycles. The lowest BCUT2D eigenvalue weighted by Gasteiger charge is -2.21. The fourth-order valence-corrected chi connectivity index (χ4v) is 1.82. The Hall–Kier alpha value is -1.61. The standard InChI is InChI=1S/C12H19N3O3/c13-4-1-11(16)14-5-6-15-12(17)9-10-2-7-18-8-3-10/h10H,1-3,5-9H2,(H,14,16)(H,15,17). The van der Waals surface area contributed by atoms with E-state index in [1.807, 2.05) is 0 Å². The van der Waals surface area contributed by atoms with Gasteiger partial charge in [0.05, 0.1) is 6.07 Å². The van der Waals surface area contributed by atoms with E-state index in [2.05, 4.69) is 10.6 Å². The molecule has 1 rings (SSSR count). The van der Waals surface area contributed by atoms with Gasteiger partial charge in [-0.05, 0) is 18.8 Å². The summed E-state index contributed by atoms with van der Waals surface area (Å²) < 4.78 is 5.22. The van der Waals surface area contributed by atoms with Gasteiger partial charge in [0.1, 0.15) is 6.42 Å². The maximum Gasteiger partial charge on any atom is 0.234 e. The van der Waals surface area contributed by atoms with E-state index in [4.69, 9.17) is 10.00 Å². The third-order valence-electron chi connectivity index (χ3n) is 2.82. The number of amides is 2. The van der Waals surface area contributed by atoms with Crippen molar-refractivity contribution in [3.05, 3.63) is 0 Å². The molecule has 0 bridgehead atoms. The number of hydrogen-bond donors (Lipinski definition) is 2. The number of nitrogens with zero attached hydrogens (tertiary/aromatic N) is 1. The number of hydrogen-bond acceptors (Lipinski definition) is 4. The zero-order valence-corrected chi connectivity index (χ0v) is 10.4. The fraction of sp³-hybridized carbons (Fsp3) is 0.750. The van der Waals surface area contributed by atoms with E-state index >= 15 is 0 Å². The molecule has 0 saturated carbocycles. The molecule has 0 radical (unpaired) electrons. The Morgan fingerprint density at radius 2 is 1.78 bits per heavy atom. The first-order chi connectivity index (χ1) is 8.72. The van der Waals surface area contributed by atoms with E-state index in [-0.39, 0.29) is 18.2 Å². The van der Waals surface area contributed by atoms with Crippen LogP contribution >= 0.6 is 0 Å². The molecule has 6 nitrogen and oxygen atoms in total. The average Bonchev–Trinajstić information content (AvgIpc) is 2.36. The third kappa shape index (κ3) is 6.21. The molecule has 100 valence electrons. The largest absolute Gasteiger partial charge is 0.381 e. The van der Waals surface area contributed by atoms with Crippen LogP contribution in [0.25, 0.3) is 0 Å². The van der Waals surface area contributed by atoms with Gasteiger partial charge in [0, 0.05) is 32.7 Å². The Morgan fingerprint density at radius 3 is 2.39 bits per heavy atom. The van der Waals surface area contributed by atoms with Crippen LogP contribution in [0.2, 0.25) is 0 Å². The first-order valence-electron chi connectivity index (χ1n) is 6.20. The Balaban J connectivity index is 2.03. The maximum absolute atomic E-state index is 11.6. The van der Waals surface area contributed by atoms with Gasteiger partial charge in [0.15, 0.2) is 0 Å². The van der Waals surface area contributed by atoms with Crippen LogP contribution in [0.15, 0.2) is 0 Å². The quantitative estimate of drug-likeness (QED) is 0.649. The molecule has 1 saturated heterocycles. The van der Waals surface area contributed by atoms with Crippen LogP contribution in [-0.4, -0.2) is 38.1 Å². The third-order valence-corrected chi connectivity index (χ3v) is 2.82. The lowest BCUT2D eigenvalue weighted by molar-refractivity contribution is -0.123. The van der Waals surface area contributed by atoms with Crippen molar-refractivity contribution in [1.82, 2.24) is 10.6 Å². The van der Waals surface area contributed by atoms with Gasteiger partial charge < -0.3 is 15.4 Å². The first-order valence-corrected chi connectivity index (χ1v) is 6.20. The lowest BCUT2D eigenvalue weighted by atomic mass is 9.96.